The van der Waals surface area contributed by atoms with Crippen molar-refractivity contribution in [3.63, 3.8) is 0 Å². The SMILES string of the molecule is CCCCOC(=O)c1c(N)n(CCCC)c2nc3ccccc3nc12. The van der Waals surface area contributed by atoms with Gasteiger partial charge in [0.25, 0.3) is 0 Å². The maximum absolute atomic E-state index is 12.6. The number of fused-ring (bicyclic) bond motifs is 2. The third-order valence-electron chi connectivity index (χ3n) is 4.26. The number of nitrogen functional groups attached to an aromatic ring is 1. The molecule has 1 aromatic carbocycles. The molecule has 3 aromatic rings. The predicted octanol–water partition coefficient (Wildman–Crippen LogP) is 3.92. The van der Waals surface area contributed by atoms with E-state index < -0.39 is 5.97 Å². The van der Waals surface area contributed by atoms with Gasteiger partial charge in [-0.15, -0.1) is 0 Å². The first-order chi connectivity index (χ1) is 12.2. The minimum absolute atomic E-state index is 0.334. The fourth-order valence-corrected chi connectivity index (χ4v) is 2.84. The monoisotopic (exact) mass is 340 g/mol. The second-order valence-corrected chi connectivity index (χ2v) is 6.14. The number of nitrogens with two attached hydrogens (primary N) is 1. The van der Waals surface area contributed by atoms with Gasteiger partial charge in [-0.2, -0.15) is 0 Å². The molecule has 6 nitrogen and oxygen atoms in total. The van der Waals surface area contributed by atoms with Gasteiger partial charge in [-0.25, -0.2) is 14.8 Å². The fraction of sp³-hybridized carbons (Fsp3) is 0.421. The van der Waals surface area contributed by atoms with Crippen molar-refractivity contribution in [3.05, 3.63) is 29.8 Å². The molecule has 3 rings (SSSR count). The summed E-state index contributed by atoms with van der Waals surface area (Å²) in [6.45, 7) is 5.25. The number of anilines is 1. The molecule has 6 heteroatoms. The Morgan fingerprint density at radius 1 is 1.12 bits per heavy atom. The van der Waals surface area contributed by atoms with Gasteiger partial charge < -0.3 is 15.0 Å². The van der Waals surface area contributed by atoms with Crippen molar-refractivity contribution in [2.45, 2.75) is 46.1 Å². The van der Waals surface area contributed by atoms with Crippen molar-refractivity contribution in [2.24, 2.45) is 0 Å². The fourth-order valence-electron chi connectivity index (χ4n) is 2.84. The summed E-state index contributed by atoms with van der Waals surface area (Å²) < 4.78 is 7.27. The number of esters is 1. The van der Waals surface area contributed by atoms with Crippen LogP contribution in [0.1, 0.15) is 49.9 Å². The second kappa shape index (κ2) is 7.51. The zero-order valence-corrected chi connectivity index (χ0v) is 14.8. The quantitative estimate of drug-likeness (QED) is 0.520. The molecule has 0 bridgehead atoms. The number of carbonyl (C=O) groups excluding carboxylic acids is 1. The average Bonchev–Trinajstić information content (AvgIpc) is 2.88. The standard InChI is InChI=1S/C19H24N4O2/c1-3-5-11-23-17(20)15(19(24)25-12-6-4-2)16-18(23)22-14-10-8-7-9-13(14)21-16/h7-10H,3-6,11-12,20H2,1-2H3. The topological polar surface area (TPSA) is 83.0 Å². The van der Waals surface area contributed by atoms with Crippen LogP contribution in [0.5, 0.6) is 0 Å². The first-order valence-electron chi connectivity index (χ1n) is 8.89. The van der Waals surface area contributed by atoms with E-state index in [1.54, 1.807) is 0 Å². The lowest BCUT2D eigenvalue weighted by molar-refractivity contribution is 0.0503. The minimum atomic E-state index is -0.421. The Bertz CT molecular complexity index is 901. The van der Waals surface area contributed by atoms with Crippen molar-refractivity contribution in [1.82, 2.24) is 14.5 Å². The lowest BCUT2D eigenvalue weighted by Gasteiger charge is -2.07. The molecule has 0 unspecified atom stereocenters. The van der Waals surface area contributed by atoms with Gasteiger partial charge in [-0.05, 0) is 25.0 Å². The maximum atomic E-state index is 12.6. The van der Waals surface area contributed by atoms with E-state index in [9.17, 15) is 4.79 Å². The first-order valence-corrected chi connectivity index (χ1v) is 8.89. The number of rotatable bonds is 7. The molecular formula is C19H24N4O2. The molecule has 0 fully saturated rings. The Labute approximate surface area is 147 Å². The third kappa shape index (κ3) is 3.29. The highest BCUT2D eigenvalue weighted by Gasteiger charge is 2.24. The highest BCUT2D eigenvalue weighted by Crippen LogP contribution is 2.29. The van der Waals surface area contributed by atoms with Crippen LogP contribution in [0.15, 0.2) is 24.3 Å². The summed E-state index contributed by atoms with van der Waals surface area (Å²) in [5.41, 5.74) is 9.34. The zero-order chi connectivity index (χ0) is 17.8. The van der Waals surface area contributed by atoms with Gasteiger partial charge >= 0.3 is 5.97 Å². The van der Waals surface area contributed by atoms with Gasteiger partial charge in [0.05, 0.1) is 17.6 Å². The average molecular weight is 340 g/mol. The number of hydrogen-bond donors (Lipinski definition) is 1. The van der Waals surface area contributed by atoms with Crippen LogP contribution in [0.2, 0.25) is 0 Å². The maximum Gasteiger partial charge on any atom is 0.344 e. The summed E-state index contributed by atoms with van der Waals surface area (Å²) in [5, 5.41) is 0. The van der Waals surface area contributed by atoms with Gasteiger partial charge in [0.2, 0.25) is 0 Å². The molecule has 0 radical (unpaired) electrons. The molecule has 0 spiro atoms. The van der Waals surface area contributed by atoms with Crippen molar-refractivity contribution in [2.75, 3.05) is 12.3 Å². The predicted molar refractivity (Wildman–Crippen MR) is 99.5 cm³/mol. The van der Waals surface area contributed by atoms with Crippen LogP contribution in [-0.4, -0.2) is 27.1 Å². The van der Waals surface area contributed by atoms with E-state index in [0.717, 1.165) is 36.7 Å². The van der Waals surface area contributed by atoms with Crippen LogP contribution in [0.25, 0.3) is 22.2 Å². The molecule has 2 N–H and O–H groups in total. The largest absolute Gasteiger partial charge is 0.462 e. The highest BCUT2D eigenvalue weighted by molar-refractivity contribution is 6.08. The molecule has 2 heterocycles. The molecule has 132 valence electrons. The van der Waals surface area contributed by atoms with Crippen LogP contribution in [0.4, 0.5) is 5.82 Å². The van der Waals surface area contributed by atoms with Gasteiger partial charge in [0.1, 0.15) is 16.9 Å². The van der Waals surface area contributed by atoms with E-state index in [-0.39, 0.29) is 0 Å². The van der Waals surface area contributed by atoms with Crippen LogP contribution >= 0.6 is 0 Å². The number of aryl methyl sites for hydroxylation is 1. The molecule has 0 aliphatic heterocycles. The Kier molecular flexibility index (Phi) is 5.16. The third-order valence-corrected chi connectivity index (χ3v) is 4.26. The summed E-state index contributed by atoms with van der Waals surface area (Å²) in [6, 6.07) is 7.62. The minimum Gasteiger partial charge on any atom is -0.462 e. The van der Waals surface area contributed by atoms with E-state index in [4.69, 9.17) is 15.5 Å². The van der Waals surface area contributed by atoms with Crippen molar-refractivity contribution < 1.29 is 9.53 Å². The Hall–Kier alpha value is -2.63. The summed E-state index contributed by atoms with van der Waals surface area (Å²) in [7, 11) is 0. The van der Waals surface area contributed by atoms with Gasteiger partial charge in [-0.3, -0.25) is 0 Å². The number of carbonyl (C=O) groups is 1. The van der Waals surface area contributed by atoms with E-state index >= 15 is 0 Å². The molecule has 25 heavy (non-hydrogen) atoms. The van der Waals surface area contributed by atoms with Crippen molar-refractivity contribution in [3.8, 4) is 0 Å². The van der Waals surface area contributed by atoms with E-state index in [1.165, 1.54) is 0 Å². The van der Waals surface area contributed by atoms with Crippen molar-refractivity contribution in [1.29, 1.82) is 0 Å². The Morgan fingerprint density at radius 2 is 1.80 bits per heavy atom. The lowest BCUT2D eigenvalue weighted by atomic mass is 10.2. The van der Waals surface area contributed by atoms with Gasteiger partial charge in [-0.1, -0.05) is 38.8 Å². The summed E-state index contributed by atoms with van der Waals surface area (Å²) in [4.78, 5) is 22.0. The molecule has 0 amide bonds. The molecule has 0 saturated carbocycles. The van der Waals surface area contributed by atoms with Crippen molar-refractivity contribution >= 4 is 34.0 Å². The smallest absolute Gasteiger partial charge is 0.344 e. The summed E-state index contributed by atoms with van der Waals surface area (Å²) in [5.74, 6) is -0.0314. The van der Waals surface area contributed by atoms with Gasteiger partial charge in [0, 0.05) is 6.54 Å². The van der Waals surface area contributed by atoms with Crippen LogP contribution in [-0.2, 0) is 11.3 Å². The summed E-state index contributed by atoms with van der Waals surface area (Å²) >= 11 is 0. The van der Waals surface area contributed by atoms with Crippen LogP contribution < -0.4 is 5.73 Å². The molecule has 0 aliphatic rings. The van der Waals surface area contributed by atoms with Gasteiger partial charge in [0.15, 0.2) is 5.65 Å². The molecule has 0 saturated heterocycles. The second-order valence-electron chi connectivity index (χ2n) is 6.14. The van der Waals surface area contributed by atoms with E-state index in [1.807, 2.05) is 28.8 Å². The van der Waals surface area contributed by atoms with E-state index in [2.05, 4.69) is 18.8 Å². The molecule has 0 atom stereocenters. The molecule has 2 aromatic heterocycles. The van der Waals surface area contributed by atoms with E-state index in [0.29, 0.717) is 35.7 Å². The molecular weight excluding hydrogens is 316 g/mol. The number of hydrogen-bond acceptors (Lipinski definition) is 5. The number of nitrogens with zero attached hydrogens (tertiary/aromatic N) is 3. The number of benzene rings is 1. The number of para-hydroxylation sites is 2. The number of aromatic nitrogens is 3. The Morgan fingerprint density at radius 3 is 2.48 bits per heavy atom. The molecule has 0 aliphatic carbocycles. The van der Waals surface area contributed by atoms with Crippen LogP contribution in [0, 0.1) is 0 Å². The normalized spacial score (nSPS) is 11.3. The first kappa shape index (κ1) is 17.2. The highest BCUT2D eigenvalue weighted by atomic mass is 16.5. The number of unbranched alkanes of at least 4 members (excludes halogenated alkanes) is 2. The number of ether oxygens (including phenoxy) is 1. The Balaban J connectivity index is 2.15. The van der Waals surface area contributed by atoms with Crippen LogP contribution in [0.3, 0.4) is 0 Å². The lowest BCUT2D eigenvalue weighted by Crippen LogP contribution is -2.10. The zero-order valence-electron chi connectivity index (χ0n) is 14.8. The summed E-state index contributed by atoms with van der Waals surface area (Å²) in [6.07, 6.45) is 3.77.